The monoisotopic (exact) mass is 489 g/mol. The highest BCUT2D eigenvalue weighted by atomic mass is 19.1. The van der Waals surface area contributed by atoms with E-state index in [0.29, 0.717) is 26.1 Å². The van der Waals surface area contributed by atoms with Gasteiger partial charge in [0.15, 0.2) is 0 Å². The van der Waals surface area contributed by atoms with Gasteiger partial charge >= 0.3 is 0 Å². The van der Waals surface area contributed by atoms with Gasteiger partial charge in [-0.2, -0.15) is 0 Å². The molecule has 1 aliphatic rings. The molecule has 0 aliphatic carbocycles. The number of aromatic nitrogens is 1. The highest BCUT2D eigenvalue weighted by molar-refractivity contribution is 5.85. The van der Waals surface area contributed by atoms with Crippen molar-refractivity contribution in [1.82, 2.24) is 15.2 Å². The van der Waals surface area contributed by atoms with Gasteiger partial charge in [0.2, 0.25) is 5.91 Å². The minimum absolute atomic E-state index is 0.247. The normalized spacial score (nSPS) is 20.2. The lowest BCUT2D eigenvalue weighted by Crippen LogP contribution is -2.48. The van der Waals surface area contributed by atoms with Gasteiger partial charge < -0.3 is 15.4 Å². The maximum atomic E-state index is 13.8. The number of fused-ring (bicyclic) bond motifs is 1. The zero-order valence-corrected chi connectivity index (χ0v) is 20.0. The Kier molecular flexibility index (Phi) is 6.85. The number of H-pyrrole nitrogens is 1. The molecule has 1 saturated heterocycles. The lowest BCUT2D eigenvalue weighted by Gasteiger charge is -2.25. The number of carbonyl (C=O) groups excluding carboxylic acids is 1. The van der Waals surface area contributed by atoms with Gasteiger partial charge in [-0.1, -0.05) is 42.5 Å². The number of aryl methyl sites for hydroxylation is 1. The van der Waals surface area contributed by atoms with Crippen LogP contribution in [0.4, 0.5) is 8.78 Å². The minimum Gasteiger partial charge on any atom is -0.390 e. The van der Waals surface area contributed by atoms with Gasteiger partial charge in [0.05, 0.1) is 6.10 Å². The Morgan fingerprint density at radius 2 is 1.78 bits per heavy atom. The van der Waals surface area contributed by atoms with Crippen molar-refractivity contribution in [3.63, 3.8) is 0 Å². The van der Waals surface area contributed by atoms with E-state index >= 15 is 0 Å². The second kappa shape index (κ2) is 10.2. The lowest BCUT2D eigenvalue weighted by molar-refractivity contribution is -0.128. The third-order valence-electron chi connectivity index (χ3n) is 7.17. The number of benzene rings is 3. The van der Waals surface area contributed by atoms with Crippen molar-refractivity contribution in [1.29, 1.82) is 0 Å². The SMILES string of the molecule is Cc1c(CN2C[C@H](c3ccc(F)cc3)[C@@H](O)[C@H]2C(=O)NCCc2ccccc2)[nH]c2ccc(F)cc12. The Labute approximate surface area is 208 Å². The van der Waals surface area contributed by atoms with Crippen molar-refractivity contribution >= 4 is 16.8 Å². The van der Waals surface area contributed by atoms with Gasteiger partial charge in [0.25, 0.3) is 0 Å². The molecule has 5 nitrogen and oxygen atoms in total. The summed E-state index contributed by atoms with van der Waals surface area (Å²) in [5.74, 6) is -1.25. The molecule has 36 heavy (non-hydrogen) atoms. The number of likely N-dealkylation sites (tertiary alicyclic amines) is 1. The van der Waals surface area contributed by atoms with E-state index in [4.69, 9.17) is 0 Å². The van der Waals surface area contributed by atoms with Crippen LogP contribution >= 0.6 is 0 Å². The molecule has 3 N–H and O–H groups in total. The van der Waals surface area contributed by atoms with Crippen LogP contribution in [0.25, 0.3) is 10.9 Å². The van der Waals surface area contributed by atoms with E-state index in [2.05, 4.69) is 10.3 Å². The first-order valence-electron chi connectivity index (χ1n) is 12.2. The summed E-state index contributed by atoms with van der Waals surface area (Å²) in [5.41, 5.74) is 4.50. The number of halogens is 2. The van der Waals surface area contributed by atoms with Crippen LogP contribution in [0.1, 0.15) is 28.3 Å². The summed E-state index contributed by atoms with van der Waals surface area (Å²) < 4.78 is 27.3. The molecule has 0 radical (unpaired) electrons. The number of hydrogen-bond donors (Lipinski definition) is 3. The maximum Gasteiger partial charge on any atom is 0.240 e. The molecule has 1 aliphatic heterocycles. The average Bonchev–Trinajstić information content (AvgIpc) is 3.36. The van der Waals surface area contributed by atoms with Crippen LogP contribution in [0.3, 0.4) is 0 Å². The topological polar surface area (TPSA) is 68.4 Å². The van der Waals surface area contributed by atoms with Gasteiger partial charge in [0.1, 0.15) is 17.7 Å². The van der Waals surface area contributed by atoms with Gasteiger partial charge in [-0.25, -0.2) is 8.78 Å². The molecule has 3 atom stereocenters. The predicted molar refractivity (Wildman–Crippen MR) is 135 cm³/mol. The molecule has 4 aromatic rings. The Morgan fingerprint density at radius 1 is 1.06 bits per heavy atom. The molecule has 0 bridgehead atoms. The first-order chi connectivity index (χ1) is 17.4. The summed E-state index contributed by atoms with van der Waals surface area (Å²) >= 11 is 0. The predicted octanol–water partition coefficient (Wildman–Crippen LogP) is 4.44. The Balaban J connectivity index is 1.39. The van der Waals surface area contributed by atoms with Crippen molar-refractivity contribution < 1.29 is 18.7 Å². The number of nitrogens with zero attached hydrogens (tertiary/aromatic N) is 1. The number of aliphatic hydroxyl groups is 1. The second-order valence-electron chi connectivity index (χ2n) is 9.47. The molecule has 0 spiro atoms. The van der Waals surface area contributed by atoms with Gasteiger partial charge in [-0.05, 0) is 60.4 Å². The Morgan fingerprint density at radius 3 is 2.53 bits per heavy atom. The summed E-state index contributed by atoms with van der Waals surface area (Å²) in [7, 11) is 0. The van der Waals surface area contributed by atoms with Crippen LogP contribution in [-0.4, -0.2) is 46.1 Å². The lowest BCUT2D eigenvalue weighted by atomic mass is 9.93. The maximum absolute atomic E-state index is 13.8. The summed E-state index contributed by atoms with van der Waals surface area (Å²) in [6.45, 7) is 3.18. The van der Waals surface area contributed by atoms with E-state index < -0.39 is 12.1 Å². The molecule has 5 rings (SSSR count). The quantitative estimate of drug-likeness (QED) is 0.360. The van der Waals surface area contributed by atoms with Crippen LogP contribution in [0.2, 0.25) is 0 Å². The highest BCUT2D eigenvalue weighted by Gasteiger charge is 2.45. The summed E-state index contributed by atoms with van der Waals surface area (Å²) in [4.78, 5) is 18.6. The number of rotatable bonds is 7. The van der Waals surface area contributed by atoms with Gasteiger partial charge in [0, 0.05) is 42.1 Å². The van der Waals surface area contributed by atoms with Crippen molar-refractivity contribution in [2.45, 2.75) is 38.0 Å². The second-order valence-corrected chi connectivity index (χ2v) is 9.47. The van der Waals surface area contributed by atoms with Gasteiger partial charge in [-0.3, -0.25) is 9.69 Å². The largest absolute Gasteiger partial charge is 0.390 e. The molecule has 186 valence electrons. The van der Waals surface area contributed by atoms with Crippen LogP contribution in [0.15, 0.2) is 72.8 Å². The van der Waals surface area contributed by atoms with E-state index in [9.17, 15) is 18.7 Å². The number of aromatic amines is 1. The fraction of sp³-hybridized carbons (Fsp3) is 0.276. The Bertz CT molecular complexity index is 1350. The van der Waals surface area contributed by atoms with Crippen molar-refractivity contribution in [3.8, 4) is 0 Å². The fourth-order valence-electron chi connectivity index (χ4n) is 5.20. The zero-order chi connectivity index (χ0) is 25.2. The molecule has 2 heterocycles. The van der Waals surface area contributed by atoms with Gasteiger partial charge in [-0.15, -0.1) is 0 Å². The first-order valence-corrected chi connectivity index (χ1v) is 12.2. The molecule has 1 fully saturated rings. The summed E-state index contributed by atoms with van der Waals surface area (Å²) in [6.07, 6.45) is -0.280. The smallest absolute Gasteiger partial charge is 0.240 e. The minimum atomic E-state index is -0.964. The highest BCUT2D eigenvalue weighted by Crippen LogP contribution is 2.35. The van der Waals surface area contributed by atoms with Crippen molar-refractivity contribution in [2.75, 3.05) is 13.1 Å². The Hall–Kier alpha value is -3.55. The summed E-state index contributed by atoms with van der Waals surface area (Å²) in [5, 5.41) is 15.1. The number of carbonyl (C=O) groups is 1. The third kappa shape index (κ3) is 4.90. The van der Waals surface area contributed by atoms with Crippen LogP contribution in [-0.2, 0) is 17.8 Å². The van der Waals surface area contributed by atoms with Crippen molar-refractivity contribution in [3.05, 3.63) is 107 Å². The zero-order valence-electron chi connectivity index (χ0n) is 20.0. The van der Waals surface area contributed by atoms with Crippen molar-refractivity contribution in [2.24, 2.45) is 0 Å². The number of nitrogens with one attached hydrogen (secondary N) is 2. The first kappa shape index (κ1) is 24.2. The molecule has 1 amide bonds. The summed E-state index contributed by atoms with van der Waals surface area (Å²) in [6, 6.07) is 19.8. The van der Waals surface area contributed by atoms with E-state index in [1.165, 1.54) is 24.3 Å². The molecule has 7 heteroatoms. The molecule has 0 saturated carbocycles. The van der Waals surface area contributed by atoms with E-state index in [-0.39, 0.29) is 23.5 Å². The van der Waals surface area contributed by atoms with Crippen LogP contribution in [0.5, 0.6) is 0 Å². The molecule has 3 aromatic carbocycles. The molecular weight excluding hydrogens is 460 g/mol. The standard InChI is InChI=1S/C29H29F2N3O2/c1-18-23-15-22(31)11-12-25(23)33-26(18)17-34-16-24(20-7-9-21(30)10-8-20)28(35)27(34)29(36)32-14-13-19-5-3-2-4-6-19/h2-12,15,24,27-28,33,35H,13-14,16-17H2,1H3,(H,32,36)/t24-,27+,28-/m1/s1. The number of aliphatic hydroxyl groups excluding tert-OH is 1. The molecule has 1 aromatic heterocycles. The molecular formula is C29H29F2N3O2. The third-order valence-corrected chi connectivity index (χ3v) is 7.17. The van der Waals surface area contributed by atoms with E-state index in [1.54, 1.807) is 18.2 Å². The fourth-order valence-corrected chi connectivity index (χ4v) is 5.20. The number of hydrogen-bond acceptors (Lipinski definition) is 3. The molecule has 0 unspecified atom stereocenters. The van der Waals surface area contributed by atoms with E-state index in [0.717, 1.165) is 33.3 Å². The van der Waals surface area contributed by atoms with E-state index in [1.807, 2.05) is 42.2 Å². The van der Waals surface area contributed by atoms with Crippen LogP contribution in [0, 0.1) is 18.6 Å². The average molecular weight is 490 g/mol. The van der Waals surface area contributed by atoms with Crippen LogP contribution < -0.4 is 5.32 Å². The number of amides is 1.